The first-order chi connectivity index (χ1) is 11.1. The van der Waals surface area contributed by atoms with E-state index < -0.39 is 0 Å². The summed E-state index contributed by atoms with van der Waals surface area (Å²) in [6, 6.07) is 7.79. The monoisotopic (exact) mass is 313 g/mol. The smallest absolute Gasteiger partial charge is 0.251 e. The molecule has 3 nitrogen and oxygen atoms in total. The summed E-state index contributed by atoms with van der Waals surface area (Å²) in [4.78, 5) is 12.5. The first kappa shape index (κ1) is 15.2. The number of aryl methyl sites for hydroxylation is 1. The Kier molecular flexibility index (Phi) is 3.72. The van der Waals surface area contributed by atoms with Gasteiger partial charge in [0.25, 0.3) is 5.91 Å². The highest BCUT2D eigenvalue weighted by molar-refractivity contribution is 5.94. The Bertz CT molecular complexity index is 564. The van der Waals surface area contributed by atoms with Gasteiger partial charge in [-0.3, -0.25) is 4.79 Å². The minimum atomic E-state index is -0.131. The normalized spacial score (nSPS) is 37.8. The molecule has 0 spiro atoms. The maximum absolute atomic E-state index is 12.5. The fourth-order valence-corrected chi connectivity index (χ4v) is 5.70. The third kappa shape index (κ3) is 2.50. The van der Waals surface area contributed by atoms with Crippen LogP contribution in [-0.4, -0.2) is 25.2 Å². The van der Waals surface area contributed by atoms with Gasteiger partial charge in [0, 0.05) is 19.2 Å². The average molecular weight is 313 g/mol. The average Bonchev–Trinajstić information content (AvgIpc) is 2.55. The zero-order valence-corrected chi connectivity index (χ0v) is 14.2. The lowest BCUT2D eigenvalue weighted by molar-refractivity contribution is -0.186. The zero-order chi connectivity index (χ0) is 16.0. The third-order valence-electron chi connectivity index (χ3n) is 6.74. The second-order valence-corrected chi connectivity index (χ2v) is 8.01. The molecule has 1 aromatic carbocycles. The van der Waals surface area contributed by atoms with Gasteiger partial charge in [-0.15, -0.1) is 0 Å². The molecule has 1 aromatic rings. The van der Waals surface area contributed by atoms with Crippen molar-refractivity contribution in [1.82, 2.24) is 5.32 Å². The standard InChI is InChI=1S/C20H27NO2/c1-13-3-5-16(6-4-13)19(22)21-12-20(23-2)17-8-14-7-15(10-17)11-18(20)9-14/h3-6,14-15,17-18H,7-12H2,1-2H3,(H,21,22). The van der Waals surface area contributed by atoms with E-state index in [9.17, 15) is 4.79 Å². The number of carbonyl (C=O) groups is 1. The number of carbonyl (C=O) groups excluding carboxylic acids is 1. The number of methoxy groups -OCH3 is 1. The van der Waals surface area contributed by atoms with Gasteiger partial charge in [-0.2, -0.15) is 0 Å². The largest absolute Gasteiger partial charge is 0.376 e. The van der Waals surface area contributed by atoms with Gasteiger partial charge in [-0.1, -0.05) is 17.7 Å². The molecular weight excluding hydrogens is 286 g/mol. The maximum atomic E-state index is 12.5. The SMILES string of the molecule is COC1(CNC(=O)c2ccc(C)cc2)C2CC3CC(C2)CC1C3. The fraction of sp³-hybridized carbons (Fsp3) is 0.650. The number of ether oxygens (including phenoxy) is 1. The lowest BCUT2D eigenvalue weighted by atomic mass is 9.49. The van der Waals surface area contributed by atoms with E-state index in [1.807, 2.05) is 38.3 Å². The van der Waals surface area contributed by atoms with E-state index in [1.165, 1.54) is 37.7 Å². The molecule has 0 radical (unpaired) electrons. The zero-order valence-electron chi connectivity index (χ0n) is 14.2. The van der Waals surface area contributed by atoms with Crippen LogP contribution in [0.15, 0.2) is 24.3 Å². The molecule has 0 atom stereocenters. The minimum absolute atomic E-state index is 0.0234. The van der Waals surface area contributed by atoms with Crippen molar-refractivity contribution in [3.8, 4) is 0 Å². The van der Waals surface area contributed by atoms with Crippen LogP contribution in [0.3, 0.4) is 0 Å². The van der Waals surface area contributed by atoms with E-state index in [0.29, 0.717) is 18.4 Å². The van der Waals surface area contributed by atoms with Gasteiger partial charge in [-0.25, -0.2) is 0 Å². The highest BCUT2D eigenvalue weighted by Crippen LogP contribution is 2.59. The van der Waals surface area contributed by atoms with Crippen molar-refractivity contribution in [2.45, 2.75) is 44.6 Å². The number of hydrogen-bond donors (Lipinski definition) is 1. The summed E-state index contributed by atoms with van der Waals surface area (Å²) in [5, 5.41) is 3.17. The van der Waals surface area contributed by atoms with Crippen molar-refractivity contribution < 1.29 is 9.53 Å². The van der Waals surface area contributed by atoms with E-state index in [2.05, 4.69) is 5.32 Å². The Hall–Kier alpha value is -1.35. The van der Waals surface area contributed by atoms with Crippen molar-refractivity contribution in [3.05, 3.63) is 35.4 Å². The molecule has 4 fully saturated rings. The number of benzene rings is 1. The maximum Gasteiger partial charge on any atom is 0.251 e. The summed E-state index contributed by atoms with van der Waals surface area (Å²) >= 11 is 0. The molecule has 0 aromatic heterocycles. The van der Waals surface area contributed by atoms with Crippen LogP contribution in [0.25, 0.3) is 0 Å². The molecule has 4 aliphatic rings. The Labute approximate surface area is 138 Å². The third-order valence-corrected chi connectivity index (χ3v) is 6.74. The molecule has 23 heavy (non-hydrogen) atoms. The number of nitrogens with one attached hydrogen (secondary N) is 1. The molecule has 3 heteroatoms. The second-order valence-electron chi connectivity index (χ2n) is 8.01. The van der Waals surface area contributed by atoms with Gasteiger partial charge in [0.15, 0.2) is 0 Å². The number of hydrogen-bond acceptors (Lipinski definition) is 2. The van der Waals surface area contributed by atoms with Crippen LogP contribution < -0.4 is 5.32 Å². The van der Waals surface area contributed by atoms with Crippen molar-refractivity contribution >= 4 is 5.91 Å². The molecule has 0 saturated heterocycles. The molecule has 1 amide bonds. The molecule has 5 rings (SSSR count). The molecule has 4 aliphatic carbocycles. The number of rotatable bonds is 4. The Morgan fingerprint density at radius 3 is 2.17 bits per heavy atom. The van der Waals surface area contributed by atoms with Crippen LogP contribution in [0.4, 0.5) is 0 Å². The lowest BCUT2D eigenvalue weighted by Gasteiger charge is -2.60. The first-order valence-electron chi connectivity index (χ1n) is 9.00. The molecule has 1 N–H and O–H groups in total. The summed E-state index contributed by atoms with van der Waals surface area (Å²) in [5.41, 5.74) is 1.79. The summed E-state index contributed by atoms with van der Waals surface area (Å²) in [7, 11) is 1.85. The fourth-order valence-electron chi connectivity index (χ4n) is 5.70. The molecule has 0 aliphatic heterocycles. The quantitative estimate of drug-likeness (QED) is 0.923. The van der Waals surface area contributed by atoms with Crippen molar-refractivity contribution in [2.75, 3.05) is 13.7 Å². The van der Waals surface area contributed by atoms with Crippen molar-refractivity contribution in [1.29, 1.82) is 0 Å². The second kappa shape index (κ2) is 5.62. The van der Waals surface area contributed by atoms with Crippen LogP contribution in [0.5, 0.6) is 0 Å². The van der Waals surface area contributed by atoms with E-state index in [-0.39, 0.29) is 11.5 Å². The van der Waals surface area contributed by atoms with Gasteiger partial charge in [-0.05, 0) is 74.8 Å². The van der Waals surface area contributed by atoms with Crippen LogP contribution >= 0.6 is 0 Å². The Balaban J connectivity index is 1.48. The van der Waals surface area contributed by atoms with Gasteiger partial charge in [0.1, 0.15) is 0 Å². The molecular formula is C20H27NO2. The molecule has 124 valence electrons. The van der Waals surface area contributed by atoms with E-state index in [0.717, 1.165) is 17.4 Å². The molecule has 4 bridgehead atoms. The number of amides is 1. The van der Waals surface area contributed by atoms with Crippen LogP contribution in [0, 0.1) is 30.6 Å². The highest BCUT2D eigenvalue weighted by atomic mass is 16.5. The molecule has 0 unspecified atom stereocenters. The minimum Gasteiger partial charge on any atom is -0.376 e. The lowest BCUT2D eigenvalue weighted by Crippen LogP contribution is -2.63. The first-order valence-corrected chi connectivity index (χ1v) is 9.00. The van der Waals surface area contributed by atoms with E-state index in [1.54, 1.807) is 0 Å². The van der Waals surface area contributed by atoms with Crippen LogP contribution in [0.2, 0.25) is 0 Å². The van der Waals surface area contributed by atoms with Crippen molar-refractivity contribution in [3.63, 3.8) is 0 Å². The summed E-state index contributed by atoms with van der Waals surface area (Å²) in [6.45, 7) is 2.70. The van der Waals surface area contributed by atoms with Gasteiger partial charge in [0.2, 0.25) is 0 Å². The van der Waals surface area contributed by atoms with Crippen molar-refractivity contribution in [2.24, 2.45) is 23.7 Å². The highest BCUT2D eigenvalue weighted by Gasteiger charge is 2.57. The predicted octanol–water partition coefficient (Wildman–Crippen LogP) is 3.57. The molecule has 0 heterocycles. The Morgan fingerprint density at radius 1 is 1.09 bits per heavy atom. The summed E-state index contributed by atoms with van der Waals surface area (Å²) in [6.07, 6.45) is 6.60. The Morgan fingerprint density at radius 2 is 1.65 bits per heavy atom. The van der Waals surface area contributed by atoms with Gasteiger partial charge in [0.05, 0.1) is 5.60 Å². The van der Waals surface area contributed by atoms with E-state index >= 15 is 0 Å². The predicted molar refractivity (Wildman–Crippen MR) is 90.3 cm³/mol. The summed E-state index contributed by atoms with van der Waals surface area (Å²) in [5.74, 6) is 3.10. The van der Waals surface area contributed by atoms with E-state index in [4.69, 9.17) is 4.74 Å². The van der Waals surface area contributed by atoms with Crippen LogP contribution in [0.1, 0.15) is 48.0 Å². The van der Waals surface area contributed by atoms with Gasteiger partial charge >= 0.3 is 0 Å². The van der Waals surface area contributed by atoms with Crippen LogP contribution in [-0.2, 0) is 4.74 Å². The summed E-state index contributed by atoms with van der Waals surface area (Å²) < 4.78 is 6.11. The van der Waals surface area contributed by atoms with Gasteiger partial charge < -0.3 is 10.1 Å². The topological polar surface area (TPSA) is 38.3 Å². The molecule has 4 saturated carbocycles.